The monoisotopic (exact) mass is 220 g/mol. The molecule has 2 heteroatoms. The van der Waals surface area contributed by atoms with Gasteiger partial charge in [-0.25, -0.2) is 0 Å². The van der Waals surface area contributed by atoms with Crippen LogP contribution in [0.1, 0.15) is 25.3 Å². The summed E-state index contributed by atoms with van der Waals surface area (Å²) in [6.07, 6.45) is 4.21. The second kappa shape index (κ2) is 4.11. The molecule has 1 aromatic carbocycles. The number of ether oxygens (including phenoxy) is 1. The second-order valence-corrected chi connectivity index (χ2v) is 4.17. The molecule has 0 aromatic heterocycles. The Kier molecular flexibility index (Phi) is 2.83. The number of hydrogen-bond acceptors (Lipinski definition) is 1. The van der Waals surface area contributed by atoms with E-state index in [1.165, 1.54) is 5.56 Å². The SMILES string of the molecule is CC1=CC(c2ccc(Cl)cc2)C=C(C)O1. The van der Waals surface area contributed by atoms with Gasteiger partial charge >= 0.3 is 0 Å². The molecule has 2 rings (SSSR count). The number of allylic oxidation sites excluding steroid dienone is 4. The van der Waals surface area contributed by atoms with E-state index in [1.807, 2.05) is 38.1 Å². The van der Waals surface area contributed by atoms with Crippen molar-refractivity contribution in [2.45, 2.75) is 19.8 Å². The number of rotatable bonds is 1. The van der Waals surface area contributed by atoms with Crippen LogP contribution in [-0.4, -0.2) is 0 Å². The summed E-state index contributed by atoms with van der Waals surface area (Å²) in [7, 11) is 0. The lowest BCUT2D eigenvalue weighted by Gasteiger charge is -2.18. The van der Waals surface area contributed by atoms with Gasteiger partial charge in [0.05, 0.1) is 11.5 Å². The van der Waals surface area contributed by atoms with Crippen LogP contribution in [-0.2, 0) is 4.74 Å². The maximum Gasteiger partial charge on any atom is 0.0974 e. The zero-order valence-corrected chi connectivity index (χ0v) is 9.58. The molecule has 0 atom stereocenters. The maximum absolute atomic E-state index is 5.85. The van der Waals surface area contributed by atoms with Gasteiger partial charge in [-0.2, -0.15) is 0 Å². The van der Waals surface area contributed by atoms with E-state index in [1.54, 1.807) is 0 Å². The average molecular weight is 221 g/mol. The van der Waals surface area contributed by atoms with Gasteiger partial charge in [0, 0.05) is 10.9 Å². The zero-order valence-electron chi connectivity index (χ0n) is 8.83. The minimum atomic E-state index is 0.302. The first-order valence-corrected chi connectivity index (χ1v) is 5.33. The smallest absolute Gasteiger partial charge is 0.0974 e. The molecule has 0 saturated heterocycles. The molecule has 1 aromatic rings. The van der Waals surface area contributed by atoms with Gasteiger partial charge in [0.15, 0.2) is 0 Å². The third kappa shape index (κ3) is 2.42. The molecule has 0 fully saturated rings. The Labute approximate surface area is 95.0 Å². The van der Waals surface area contributed by atoms with Crippen molar-refractivity contribution in [3.63, 3.8) is 0 Å². The van der Waals surface area contributed by atoms with Crippen LogP contribution in [0.3, 0.4) is 0 Å². The van der Waals surface area contributed by atoms with Crippen molar-refractivity contribution in [1.29, 1.82) is 0 Å². The lowest BCUT2D eigenvalue weighted by Crippen LogP contribution is -2.01. The second-order valence-electron chi connectivity index (χ2n) is 3.73. The predicted octanol–water partition coefficient (Wildman–Crippen LogP) is 4.26. The van der Waals surface area contributed by atoms with Crippen LogP contribution in [0.15, 0.2) is 47.9 Å². The molecule has 1 nitrogen and oxygen atoms in total. The average Bonchev–Trinajstić information content (AvgIpc) is 2.17. The Morgan fingerprint density at radius 1 is 1.00 bits per heavy atom. The summed E-state index contributed by atoms with van der Waals surface area (Å²) >= 11 is 5.85. The fraction of sp³-hybridized carbons (Fsp3) is 0.231. The van der Waals surface area contributed by atoms with Crippen molar-refractivity contribution < 1.29 is 4.74 Å². The van der Waals surface area contributed by atoms with Gasteiger partial charge in [-0.05, 0) is 43.7 Å². The summed E-state index contributed by atoms with van der Waals surface area (Å²) in [4.78, 5) is 0. The first kappa shape index (κ1) is 10.3. The summed E-state index contributed by atoms with van der Waals surface area (Å²) in [5, 5.41) is 0.771. The van der Waals surface area contributed by atoms with Crippen molar-refractivity contribution in [2.75, 3.05) is 0 Å². The highest BCUT2D eigenvalue weighted by Gasteiger charge is 2.12. The Morgan fingerprint density at radius 3 is 2.07 bits per heavy atom. The molecule has 1 aliphatic heterocycles. The van der Waals surface area contributed by atoms with Crippen molar-refractivity contribution in [2.24, 2.45) is 0 Å². The maximum atomic E-state index is 5.85. The molecule has 0 spiro atoms. The third-order valence-corrected chi connectivity index (χ3v) is 2.66. The summed E-state index contributed by atoms with van der Waals surface area (Å²) < 4.78 is 5.46. The van der Waals surface area contributed by atoms with E-state index in [0.29, 0.717) is 5.92 Å². The summed E-state index contributed by atoms with van der Waals surface area (Å²) in [6.45, 7) is 3.94. The van der Waals surface area contributed by atoms with E-state index in [9.17, 15) is 0 Å². The normalized spacial score (nSPS) is 16.7. The standard InChI is InChI=1S/C13H13ClO/c1-9-7-12(8-10(2)15-9)11-3-5-13(14)6-4-11/h3-8,12H,1-2H3. The molecule has 78 valence electrons. The molecule has 0 unspecified atom stereocenters. The highest BCUT2D eigenvalue weighted by Crippen LogP contribution is 2.28. The van der Waals surface area contributed by atoms with Gasteiger partial charge in [0.25, 0.3) is 0 Å². The fourth-order valence-corrected chi connectivity index (χ4v) is 1.88. The quantitative estimate of drug-likeness (QED) is 0.687. The number of hydrogen-bond donors (Lipinski definition) is 0. The Morgan fingerprint density at radius 2 is 1.53 bits per heavy atom. The van der Waals surface area contributed by atoms with Gasteiger partial charge in [-0.1, -0.05) is 23.7 Å². The van der Waals surface area contributed by atoms with Gasteiger partial charge in [-0.15, -0.1) is 0 Å². The van der Waals surface area contributed by atoms with Crippen molar-refractivity contribution in [3.05, 3.63) is 58.5 Å². The molecule has 0 aliphatic carbocycles. The van der Waals surface area contributed by atoms with E-state index >= 15 is 0 Å². The van der Waals surface area contributed by atoms with Crippen LogP contribution < -0.4 is 0 Å². The van der Waals surface area contributed by atoms with Crippen LogP contribution in [0.25, 0.3) is 0 Å². The minimum Gasteiger partial charge on any atom is -0.467 e. The molecule has 0 bridgehead atoms. The predicted molar refractivity (Wildman–Crippen MR) is 62.8 cm³/mol. The van der Waals surface area contributed by atoms with Crippen molar-refractivity contribution in [1.82, 2.24) is 0 Å². The van der Waals surface area contributed by atoms with Crippen LogP contribution in [0.4, 0.5) is 0 Å². The van der Waals surface area contributed by atoms with Crippen LogP contribution in [0.5, 0.6) is 0 Å². The Bertz CT molecular complexity index is 397. The molecule has 0 N–H and O–H groups in total. The fourth-order valence-electron chi connectivity index (χ4n) is 1.75. The highest BCUT2D eigenvalue weighted by atomic mass is 35.5. The van der Waals surface area contributed by atoms with Crippen LogP contribution in [0, 0.1) is 0 Å². The first-order valence-electron chi connectivity index (χ1n) is 4.95. The van der Waals surface area contributed by atoms with Gasteiger partial charge in [-0.3, -0.25) is 0 Å². The van der Waals surface area contributed by atoms with Gasteiger partial charge in [0.1, 0.15) is 0 Å². The highest BCUT2D eigenvalue weighted by molar-refractivity contribution is 6.30. The van der Waals surface area contributed by atoms with Crippen LogP contribution in [0.2, 0.25) is 5.02 Å². The van der Waals surface area contributed by atoms with E-state index < -0.39 is 0 Å². The van der Waals surface area contributed by atoms with Crippen LogP contribution >= 0.6 is 11.6 Å². The third-order valence-electron chi connectivity index (χ3n) is 2.41. The summed E-state index contributed by atoms with van der Waals surface area (Å²) in [5.41, 5.74) is 1.24. The lowest BCUT2D eigenvalue weighted by molar-refractivity contribution is 0.297. The molecular weight excluding hydrogens is 208 g/mol. The minimum absolute atomic E-state index is 0.302. The topological polar surface area (TPSA) is 9.23 Å². The molecule has 15 heavy (non-hydrogen) atoms. The Balaban J connectivity index is 2.31. The largest absolute Gasteiger partial charge is 0.467 e. The summed E-state index contributed by atoms with van der Waals surface area (Å²) in [5.74, 6) is 2.21. The molecule has 1 heterocycles. The molecular formula is C13H13ClO. The van der Waals surface area contributed by atoms with Crippen molar-refractivity contribution >= 4 is 11.6 Å². The van der Waals surface area contributed by atoms with E-state index in [2.05, 4.69) is 12.2 Å². The van der Waals surface area contributed by atoms with E-state index in [-0.39, 0.29) is 0 Å². The van der Waals surface area contributed by atoms with E-state index in [0.717, 1.165) is 16.5 Å². The Hall–Kier alpha value is -1.21. The number of halogens is 1. The lowest BCUT2D eigenvalue weighted by atomic mass is 9.96. The first-order chi connectivity index (χ1) is 7.15. The van der Waals surface area contributed by atoms with Crippen molar-refractivity contribution in [3.8, 4) is 0 Å². The summed E-state index contributed by atoms with van der Waals surface area (Å²) in [6, 6.07) is 7.93. The number of benzene rings is 1. The van der Waals surface area contributed by atoms with E-state index in [4.69, 9.17) is 16.3 Å². The molecule has 0 radical (unpaired) electrons. The van der Waals surface area contributed by atoms with Gasteiger partial charge < -0.3 is 4.74 Å². The zero-order chi connectivity index (χ0) is 10.8. The van der Waals surface area contributed by atoms with Gasteiger partial charge in [0.2, 0.25) is 0 Å². The molecule has 0 saturated carbocycles. The molecule has 1 aliphatic rings. The molecule has 0 amide bonds.